The van der Waals surface area contributed by atoms with Gasteiger partial charge in [-0.3, -0.25) is 0 Å². The van der Waals surface area contributed by atoms with Gasteiger partial charge in [0.1, 0.15) is 0 Å². The predicted octanol–water partition coefficient (Wildman–Crippen LogP) is 5.86. The average molecular weight is 410 g/mol. The molecule has 4 aromatic rings. The summed E-state index contributed by atoms with van der Waals surface area (Å²) < 4.78 is 0. The van der Waals surface area contributed by atoms with Crippen LogP contribution in [0.3, 0.4) is 0 Å². The lowest BCUT2D eigenvalue weighted by Gasteiger charge is -2.27. The number of hydrogen-bond acceptors (Lipinski definition) is 1. The van der Waals surface area contributed by atoms with Crippen LogP contribution < -0.4 is 21.2 Å². The van der Waals surface area contributed by atoms with Crippen LogP contribution in [0.5, 0.6) is 0 Å². The van der Waals surface area contributed by atoms with Crippen molar-refractivity contribution in [2.24, 2.45) is 0 Å². The fourth-order valence-electron chi connectivity index (χ4n) is 3.94. The van der Waals surface area contributed by atoms with Crippen molar-refractivity contribution >= 4 is 23.8 Å². The topological polar surface area (TPSA) is 12.0 Å². The number of benzene rings is 4. The van der Waals surface area contributed by atoms with E-state index in [0.717, 1.165) is 0 Å². The number of nitrogens with one attached hydrogen (secondary N) is 1. The van der Waals surface area contributed by atoms with E-state index in [1.54, 1.807) is 0 Å². The Morgan fingerprint density at radius 1 is 0.533 bits per heavy atom. The summed E-state index contributed by atoms with van der Waals surface area (Å²) in [6.07, 6.45) is 0. The second kappa shape index (κ2) is 9.85. The highest BCUT2D eigenvalue weighted by Crippen LogP contribution is 2.35. The SMILES string of the molecule is CC(N[C@H](C)c1ccccc1P(c1ccccc1)c1ccccc1)c1ccccc1. The van der Waals surface area contributed by atoms with Crippen molar-refractivity contribution in [1.82, 2.24) is 5.32 Å². The van der Waals surface area contributed by atoms with Crippen LogP contribution in [0.4, 0.5) is 0 Å². The van der Waals surface area contributed by atoms with E-state index in [0.29, 0.717) is 0 Å². The largest absolute Gasteiger partial charge is 0.304 e. The Morgan fingerprint density at radius 3 is 1.57 bits per heavy atom. The molecule has 0 saturated heterocycles. The molecule has 1 unspecified atom stereocenters. The van der Waals surface area contributed by atoms with E-state index in [9.17, 15) is 0 Å². The third kappa shape index (κ3) is 4.70. The molecule has 0 aliphatic heterocycles. The van der Waals surface area contributed by atoms with E-state index in [1.807, 2.05) is 0 Å². The highest BCUT2D eigenvalue weighted by molar-refractivity contribution is 7.79. The van der Waals surface area contributed by atoms with E-state index < -0.39 is 7.92 Å². The molecule has 1 nitrogen and oxygen atoms in total. The molecule has 0 aliphatic rings. The van der Waals surface area contributed by atoms with Crippen molar-refractivity contribution in [2.75, 3.05) is 0 Å². The maximum Gasteiger partial charge on any atom is 0.0304 e. The van der Waals surface area contributed by atoms with Crippen molar-refractivity contribution in [3.63, 3.8) is 0 Å². The van der Waals surface area contributed by atoms with Crippen molar-refractivity contribution in [1.29, 1.82) is 0 Å². The van der Waals surface area contributed by atoms with E-state index in [4.69, 9.17) is 0 Å². The monoisotopic (exact) mass is 409 g/mol. The van der Waals surface area contributed by atoms with Gasteiger partial charge in [0.25, 0.3) is 0 Å². The molecule has 4 rings (SSSR count). The van der Waals surface area contributed by atoms with E-state index in [1.165, 1.54) is 27.0 Å². The molecular formula is C28H28NP. The predicted molar refractivity (Wildman–Crippen MR) is 132 cm³/mol. The summed E-state index contributed by atoms with van der Waals surface area (Å²) in [5, 5.41) is 8.01. The van der Waals surface area contributed by atoms with Crippen molar-refractivity contribution < 1.29 is 0 Å². The smallest absolute Gasteiger partial charge is 0.0304 e. The highest BCUT2D eigenvalue weighted by Gasteiger charge is 2.22. The average Bonchev–Trinajstić information content (AvgIpc) is 2.81. The van der Waals surface area contributed by atoms with Crippen LogP contribution >= 0.6 is 7.92 Å². The fraction of sp³-hybridized carbons (Fsp3) is 0.143. The van der Waals surface area contributed by atoms with Gasteiger partial charge in [-0.05, 0) is 48.8 Å². The minimum atomic E-state index is -0.618. The van der Waals surface area contributed by atoms with Crippen LogP contribution in [-0.2, 0) is 0 Å². The number of hydrogen-bond donors (Lipinski definition) is 1. The Kier molecular flexibility index (Phi) is 6.74. The standard InChI is InChI=1S/C28H28NP/c1-22(24-14-6-3-7-15-24)29-23(2)27-20-12-13-21-28(27)30(25-16-8-4-9-17-25)26-18-10-5-11-19-26/h3-23,29H,1-2H3/t22?,23-/m1/s1. The Labute approximate surface area is 181 Å². The molecule has 0 spiro atoms. The Morgan fingerprint density at radius 2 is 1.00 bits per heavy atom. The van der Waals surface area contributed by atoms with Crippen LogP contribution in [0.2, 0.25) is 0 Å². The molecule has 30 heavy (non-hydrogen) atoms. The molecule has 150 valence electrons. The molecule has 0 bridgehead atoms. The van der Waals surface area contributed by atoms with Gasteiger partial charge in [0.05, 0.1) is 0 Å². The summed E-state index contributed by atoms with van der Waals surface area (Å²) in [6, 6.07) is 42.0. The minimum absolute atomic E-state index is 0.244. The molecule has 0 heterocycles. The lowest BCUT2D eigenvalue weighted by Crippen LogP contribution is -2.29. The molecule has 0 amide bonds. The molecule has 2 atom stereocenters. The quantitative estimate of drug-likeness (QED) is 0.377. The van der Waals surface area contributed by atoms with Gasteiger partial charge in [-0.25, -0.2) is 0 Å². The summed E-state index contributed by atoms with van der Waals surface area (Å²) in [5.41, 5.74) is 2.69. The first-order valence-corrected chi connectivity index (χ1v) is 11.9. The molecule has 0 radical (unpaired) electrons. The zero-order chi connectivity index (χ0) is 20.8. The third-order valence-electron chi connectivity index (χ3n) is 5.47. The van der Waals surface area contributed by atoms with E-state index in [2.05, 4.69) is 134 Å². The van der Waals surface area contributed by atoms with Gasteiger partial charge in [0, 0.05) is 12.1 Å². The molecule has 4 aromatic carbocycles. The van der Waals surface area contributed by atoms with Crippen molar-refractivity contribution in [3.8, 4) is 0 Å². The molecule has 1 N–H and O–H groups in total. The van der Waals surface area contributed by atoms with Gasteiger partial charge in [0.15, 0.2) is 0 Å². The maximum absolute atomic E-state index is 3.82. The van der Waals surface area contributed by atoms with Gasteiger partial charge in [-0.1, -0.05) is 115 Å². The van der Waals surface area contributed by atoms with E-state index in [-0.39, 0.29) is 12.1 Å². The Balaban J connectivity index is 1.71. The zero-order valence-electron chi connectivity index (χ0n) is 17.6. The first-order valence-electron chi connectivity index (χ1n) is 10.5. The van der Waals surface area contributed by atoms with Gasteiger partial charge in [0.2, 0.25) is 0 Å². The summed E-state index contributed by atoms with van der Waals surface area (Å²) >= 11 is 0. The molecule has 2 heteroatoms. The second-order valence-corrected chi connectivity index (χ2v) is 9.77. The second-order valence-electron chi connectivity index (χ2n) is 7.59. The third-order valence-corrected chi connectivity index (χ3v) is 7.99. The first kappa shape index (κ1) is 20.5. The minimum Gasteiger partial charge on any atom is -0.304 e. The Bertz CT molecular complexity index is 1010. The van der Waals surface area contributed by atoms with Gasteiger partial charge < -0.3 is 5.32 Å². The molecule has 0 saturated carbocycles. The molecular weight excluding hydrogens is 381 g/mol. The van der Waals surface area contributed by atoms with Crippen LogP contribution in [0, 0.1) is 0 Å². The summed E-state index contributed by atoms with van der Waals surface area (Å²) in [6.45, 7) is 4.52. The van der Waals surface area contributed by atoms with Gasteiger partial charge >= 0.3 is 0 Å². The van der Waals surface area contributed by atoms with Crippen molar-refractivity contribution in [2.45, 2.75) is 25.9 Å². The highest BCUT2D eigenvalue weighted by atomic mass is 31.1. The van der Waals surface area contributed by atoms with Crippen LogP contribution in [0.1, 0.15) is 37.1 Å². The zero-order valence-corrected chi connectivity index (χ0v) is 18.5. The van der Waals surface area contributed by atoms with Crippen molar-refractivity contribution in [3.05, 3.63) is 126 Å². The molecule has 0 aromatic heterocycles. The normalized spacial score (nSPS) is 13.2. The van der Waals surface area contributed by atoms with E-state index >= 15 is 0 Å². The Hall–Kier alpha value is -2.73. The van der Waals surface area contributed by atoms with Gasteiger partial charge in [-0.15, -0.1) is 0 Å². The van der Waals surface area contributed by atoms with Crippen LogP contribution in [0.25, 0.3) is 0 Å². The fourth-order valence-corrected chi connectivity index (χ4v) is 6.50. The summed E-state index contributed by atoms with van der Waals surface area (Å²) in [7, 11) is -0.618. The molecule has 0 aliphatic carbocycles. The van der Waals surface area contributed by atoms with Crippen LogP contribution in [0.15, 0.2) is 115 Å². The van der Waals surface area contributed by atoms with Crippen LogP contribution in [-0.4, -0.2) is 0 Å². The first-order chi connectivity index (χ1) is 14.7. The lowest BCUT2D eigenvalue weighted by molar-refractivity contribution is 0.496. The maximum atomic E-state index is 3.82. The summed E-state index contributed by atoms with van der Waals surface area (Å²) in [4.78, 5) is 0. The summed E-state index contributed by atoms with van der Waals surface area (Å²) in [5.74, 6) is 0. The van der Waals surface area contributed by atoms with Gasteiger partial charge in [-0.2, -0.15) is 0 Å². The number of rotatable bonds is 7. The molecule has 0 fully saturated rings. The lowest BCUT2D eigenvalue weighted by atomic mass is 10.0.